The van der Waals surface area contributed by atoms with Gasteiger partial charge >= 0.3 is 0 Å². The van der Waals surface area contributed by atoms with Gasteiger partial charge in [-0.05, 0) is 37.1 Å². The molecule has 0 atom stereocenters. The van der Waals surface area contributed by atoms with Gasteiger partial charge in [0.2, 0.25) is 5.91 Å². The van der Waals surface area contributed by atoms with E-state index in [0.29, 0.717) is 0 Å². The lowest BCUT2D eigenvalue weighted by Gasteiger charge is -2.17. The summed E-state index contributed by atoms with van der Waals surface area (Å²) in [5.41, 5.74) is 3.66. The number of aromatic nitrogens is 3. The summed E-state index contributed by atoms with van der Waals surface area (Å²) in [5, 5.41) is 11.2. The average Bonchev–Trinajstić information content (AvgIpc) is 3.15. The third-order valence-corrected chi connectivity index (χ3v) is 4.17. The van der Waals surface area contributed by atoms with Gasteiger partial charge in [-0.1, -0.05) is 36.4 Å². The maximum Gasteiger partial charge on any atom is 0.276 e. The minimum atomic E-state index is -0.367. The summed E-state index contributed by atoms with van der Waals surface area (Å²) >= 11 is 0. The summed E-state index contributed by atoms with van der Waals surface area (Å²) in [7, 11) is 1.56. The summed E-state index contributed by atoms with van der Waals surface area (Å²) in [6.07, 6.45) is 1.40. The van der Waals surface area contributed by atoms with Crippen LogP contribution in [0.3, 0.4) is 0 Å². The number of carbonyl (C=O) groups is 2. The van der Waals surface area contributed by atoms with E-state index in [2.05, 4.69) is 15.5 Å². The quantitative estimate of drug-likeness (QED) is 0.756. The fourth-order valence-corrected chi connectivity index (χ4v) is 2.72. The number of hydrogen-bond acceptors (Lipinski definition) is 4. The zero-order valence-electron chi connectivity index (χ0n) is 15.5. The van der Waals surface area contributed by atoms with E-state index in [0.717, 1.165) is 22.5 Å². The van der Waals surface area contributed by atoms with Gasteiger partial charge < -0.3 is 10.2 Å². The number of nitrogens with one attached hydrogen (secondary N) is 1. The van der Waals surface area contributed by atoms with E-state index < -0.39 is 0 Å². The fraction of sp³-hybridized carbons (Fsp3) is 0.200. The first-order valence-corrected chi connectivity index (χ1v) is 8.55. The van der Waals surface area contributed by atoms with Gasteiger partial charge in [0.15, 0.2) is 5.69 Å². The number of likely N-dealkylation sites (N-methyl/N-ethyl adjacent to an activating group) is 1. The van der Waals surface area contributed by atoms with Gasteiger partial charge in [0.1, 0.15) is 0 Å². The van der Waals surface area contributed by atoms with Gasteiger partial charge in [0.05, 0.1) is 18.4 Å². The first kappa shape index (κ1) is 18.3. The number of nitrogens with zero attached hydrogens (tertiary/aromatic N) is 4. The molecule has 7 heteroatoms. The van der Waals surface area contributed by atoms with Crippen molar-refractivity contribution >= 4 is 17.5 Å². The summed E-state index contributed by atoms with van der Waals surface area (Å²) in [6, 6.07) is 15.1. The SMILES string of the molecule is Cc1cccc(C)c1NC(=O)CN(C)C(=O)c1cnn(-c2ccccc2)n1. The molecule has 0 fully saturated rings. The number of anilines is 1. The van der Waals surface area contributed by atoms with E-state index in [1.165, 1.54) is 15.9 Å². The highest BCUT2D eigenvalue weighted by atomic mass is 16.2. The van der Waals surface area contributed by atoms with Gasteiger partial charge in [-0.2, -0.15) is 9.90 Å². The van der Waals surface area contributed by atoms with Crippen molar-refractivity contribution in [2.24, 2.45) is 0 Å². The maximum atomic E-state index is 12.5. The van der Waals surface area contributed by atoms with Gasteiger partial charge in [-0.3, -0.25) is 9.59 Å². The van der Waals surface area contributed by atoms with E-state index in [9.17, 15) is 9.59 Å². The van der Waals surface area contributed by atoms with Crippen molar-refractivity contribution in [2.45, 2.75) is 13.8 Å². The molecule has 2 aromatic carbocycles. The van der Waals surface area contributed by atoms with E-state index in [1.54, 1.807) is 7.05 Å². The fourth-order valence-electron chi connectivity index (χ4n) is 2.72. The Hall–Kier alpha value is -3.48. The lowest BCUT2D eigenvalue weighted by atomic mass is 10.1. The molecule has 1 heterocycles. The second-order valence-electron chi connectivity index (χ2n) is 6.33. The first-order chi connectivity index (χ1) is 13.0. The highest BCUT2D eigenvalue weighted by Gasteiger charge is 2.19. The predicted molar refractivity (Wildman–Crippen MR) is 103 cm³/mol. The summed E-state index contributed by atoms with van der Waals surface area (Å²) < 4.78 is 0. The molecule has 0 aliphatic heterocycles. The number of rotatable bonds is 5. The van der Waals surface area contributed by atoms with Gasteiger partial charge in [0.25, 0.3) is 5.91 Å². The van der Waals surface area contributed by atoms with Crippen LogP contribution in [-0.2, 0) is 4.79 Å². The molecule has 138 valence electrons. The van der Waals surface area contributed by atoms with Crippen LogP contribution in [-0.4, -0.2) is 45.3 Å². The molecular weight excluding hydrogens is 342 g/mol. The zero-order chi connectivity index (χ0) is 19.4. The molecule has 0 saturated carbocycles. The minimum Gasteiger partial charge on any atom is -0.331 e. The molecule has 1 N–H and O–H groups in total. The minimum absolute atomic E-state index is 0.0786. The van der Waals surface area contributed by atoms with Crippen LogP contribution < -0.4 is 5.32 Å². The Kier molecular flexibility index (Phi) is 5.30. The van der Waals surface area contributed by atoms with Crippen LogP contribution >= 0.6 is 0 Å². The summed E-state index contributed by atoms with van der Waals surface area (Å²) in [6.45, 7) is 3.78. The van der Waals surface area contributed by atoms with Crippen molar-refractivity contribution in [3.05, 3.63) is 71.5 Å². The van der Waals surface area contributed by atoms with E-state index in [4.69, 9.17) is 0 Å². The molecule has 1 aromatic heterocycles. The summed E-state index contributed by atoms with van der Waals surface area (Å²) in [5.74, 6) is -0.632. The highest BCUT2D eigenvalue weighted by Crippen LogP contribution is 2.19. The molecule has 3 aromatic rings. The van der Waals surface area contributed by atoms with Crippen molar-refractivity contribution in [3.63, 3.8) is 0 Å². The monoisotopic (exact) mass is 363 g/mol. The molecule has 2 amide bonds. The molecule has 7 nitrogen and oxygen atoms in total. The first-order valence-electron chi connectivity index (χ1n) is 8.55. The van der Waals surface area contributed by atoms with Gasteiger partial charge in [-0.15, -0.1) is 5.10 Å². The molecule has 27 heavy (non-hydrogen) atoms. The number of hydrogen-bond donors (Lipinski definition) is 1. The Morgan fingerprint density at radius 2 is 1.70 bits per heavy atom. The van der Waals surface area contributed by atoms with Crippen LogP contribution in [0.5, 0.6) is 0 Å². The summed E-state index contributed by atoms with van der Waals surface area (Å²) in [4.78, 5) is 27.6. The van der Waals surface area contributed by atoms with Crippen LogP contribution in [0.1, 0.15) is 21.6 Å². The number of para-hydroxylation sites is 2. The molecular formula is C20H21N5O2. The molecule has 0 aliphatic carbocycles. The normalized spacial score (nSPS) is 10.5. The van der Waals surface area contributed by atoms with Crippen LogP contribution in [0.25, 0.3) is 5.69 Å². The third kappa shape index (κ3) is 4.20. The Morgan fingerprint density at radius 3 is 2.37 bits per heavy atom. The van der Waals surface area contributed by atoms with E-state index >= 15 is 0 Å². The Morgan fingerprint density at radius 1 is 1.04 bits per heavy atom. The number of aryl methyl sites for hydroxylation is 2. The molecule has 0 spiro atoms. The second kappa shape index (κ2) is 7.82. The molecule has 3 rings (SSSR count). The Balaban J connectivity index is 1.66. The molecule has 0 unspecified atom stereocenters. The zero-order valence-corrected chi connectivity index (χ0v) is 15.5. The second-order valence-corrected chi connectivity index (χ2v) is 6.33. The number of benzene rings is 2. The molecule has 0 saturated heterocycles. The highest BCUT2D eigenvalue weighted by molar-refractivity contribution is 5.98. The van der Waals surface area contributed by atoms with Crippen molar-refractivity contribution < 1.29 is 9.59 Å². The largest absolute Gasteiger partial charge is 0.331 e. The number of carbonyl (C=O) groups excluding carboxylic acids is 2. The molecule has 0 bridgehead atoms. The lowest BCUT2D eigenvalue weighted by Crippen LogP contribution is -2.35. The van der Waals surface area contributed by atoms with Crippen molar-refractivity contribution in [1.29, 1.82) is 0 Å². The van der Waals surface area contributed by atoms with Crippen LogP contribution in [0.4, 0.5) is 5.69 Å². The van der Waals surface area contributed by atoms with Crippen molar-refractivity contribution in [2.75, 3.05) is 18.9 Å². The van der Waals surface area contributed by atoms with Crippen LogP contribution in [0.15, 0.2) is 54.7 Å². The number of amides is 2. The smallest absolute Gasteiger partial charge is 0.276 e. The van der Waals surface area contributed by atoms with Crippen LogP contribution in [0, 0.1) is 13.8 Å². The topological polar surface area (TPSA) is 80.1 Å². The van der Waals surface area contributed by atoms with E-state index in [1.807, 2.05) is 62.4 Å². The van der Waals surface area contributed by atoms with Crippen molar-refractivity contribution in [1.82, 2.24) is 19.9 Å². The molecule has 0 aliphatic rings. The average molecular weight is 363 g/mol. The van der Waals surface area contributed by atoms with Crippen LogP contribution in [0.2, 0.25) is 0 Å². The van der Waals surface area contributed by atoms with E-state index in [-0.39, 0.29) is 24.1 Å². The standard InChI is InChI=1S/C20H21N5O2/c1-14-8-7-9-15(2)19(14)22-18(26)13-24(3)20(27)17-12-21-25(23-17)16-10-5-4-6-11-16/h4-12H,13H2,1-3H3,(H,22,26). The maximum absolute atomic E-state index is 12.5. The Bertz CT molecular complexity index is 945. The van der Waals surface area contributed by atoms with Gasteiger partial charge in [-0.25, -0.2) is 0 Å². The lowest BCUT2D eigenvalue weighted by molar-refractivity contribution is -0.116. The third-order valence-electron chi connectivity index (χ3n) is 4.17. The molecule has 0 radical (unpaired) electrons. The predicted octanol–water partition coefficient (Wildman–Crippen LogP) is 2.59. The van der Waals surface area contributed by atoms with Gasteiger partial charge in [0, 0.05) is 12.7 Å². The van der Waals surface area contributed by atoms with Crippen molar-refractivity contribution in [3.8, 4) is 5.69 Å². The Labute approximate surface area is 157 Å².